The topological polar surface area (TPSA) is 12.9 Å². The van der Waals surface area contributed by atoms with Crippen LogP contribution in [-0.4, -0.2) is 4.98 Å². The summed E-state index contributed by atoms with van der Waals surface area (Å²) in [6, 6.07) is 5.75. The molecule has 0 atom stereocenters. The van der Waals surface area contributed by atoms with Crippen LogP contribution in [0, 0.1) is 0 Å². The molecule has 0 unspecified atom stereocenters. The van der Waals surface area contributed by atoms with E-state index in [0.29, 0.717) is 5.03 Å². The maximum atomic E-state index is 6.00. The SMILES string of the molecule is C=C1C=C(Cl)C(c2ccccn2)=C1. The lowest BCUT2D eigenvalue weighted by molar-refractivity contribution is 1.28. The van der Waals surface area contributed by atoms with Crippen LogP contribution < -0.4 is 0 Å². The molecule has 1 aromatic heterocycles. The molecule has 0 saturated heterocycles. The van der Waals surface area contributed by atoms with Gasteiger partial charge in [0.05, 0.1) is 10.7 Å². The highest BCUT2D eigenvalue weighted by atomic mass is 35.5. The van der Waals surface area contributed by atoms with Crippen LogP contribution >= 0.6 is 11.6 Å². The predicted octanol–water partition coefficient (Wildman–Crippen LogP) is 3.16. The molecule has 1 nitrogen and oxygen atoms in total. The molecule has 0 spiro atoms. The average Bonchev–Trinajstić information content (AvgIpc) is 2.47. The van der Waals surface area contributed by atoms with Crippen LogP contribution in [0.25, 0.3) is 5.57 Å². The Balaban J connectivity index is 2.45. The maximum Gasteiger partial charge on any atom is 0.0717 e. The summed E-state index contributed by atoms with van der Waals surface area (Å²) in [7, 11) is 0. The summed E-state index contributed by atoms with van der Waals surface area (Å²) >= 11 is 6.00. The van der Waals surface area contributed by atoms with Gasteiger partial charge in [-0.3, -0.25) is 4.98 Å². The molecule has 0 amide bonds. The highest BCUT2D eigenvalue weighted by Gasteiger charge is 2.12. The van der Waals surface area contributed by atoms with E-state index >= 15 is 0 Å². The van der Waals surface area contributed by atoms with E-state index in [-0.39, 0.29) is 0 Å². The van der Waals surface area contributed by atoms with E-state index in [9.17, 15) is 0 Å². The van der Waals surface area contributed by atoms with Crippen LogP contribution in [-0.2, 0) is 0 Å². The van der Waals surface area contributed by atoms with E-state index in [0.717, 1.165) is 16.8 Å². The molecule has 0 bridgehead atoms. The number of pyridine rings is 1. The summed E-state index contributed by atoms with van der Waals surface area (Å²) in [5, 5.41) is 0.712. The van der Waals surface area contributed by atoms with Crippen molar-refractivity contribution < 1.29 is 0 Å². The number of hydrogen-bond acceptors (Lipinski definition) is 1. The number of hydrogen-bond donors (Lipinski definition) is 0. The molecule has 0 N–H and O–H groups in total. The molecule has 2 rings (SSSR count). The minimum atomic E-state index is 0.712. The molecule has 1 aliphatic carbocycles. The van der Waals surface area contributed by atoms with Crippen molar-refractivity contribution in [1.29, 1.82) is 0 Å². The van der Waals surface area contributed by atoms with Crippen molar-refractivity contribution >= 4 is 17.2 Å². The minimum Gasteiger partial charge on any atom is -0.256 e. The molecule has 2 heteroatoms. The van der Waals surface area contributed by atoms with Gasteiger partial charge in [0.15, 0.2) is 0 Å². The number of allylic oxidation sites excluding steroid dienone is 5. The molecule has 1 heterocycles. The molecule has 64 valence electrons. The van der Waals surface area contributed by atoms with Gasteiger partial charge in [0.2, 0.25) is 0 Å². The summed E-state index contributed by atoms with van der Waals surface area (Å²) in [5.74, 6) is 0. The Morgan fingerprint density at radius 1 is 1.23 bits per heavy atom. The zero-order valence-corrected chi connectivity index (χ0v) is 7.75. The Labute approximate surface area is 82.1 Å². The van der Waals surface area contributed by atoms with Crippen molar-refractivity contribution in [3.05, 3.63) is 59.4 Å². The molecular formula is C11H8ClN. The number of nitrogens with zero attached hydrogens (tertiary/aromatic N) is 1. The molecular weight excluding hydrogens is 182 g/mol. The highest BCUT2D eigenvalue weighted by molar-refractivity contribution is 6.38. The molecule has 13 heavy (non-hydrogen) atoms. The highest BCUT2D eigenvalue weighted by Crippen LogP contribution is 2.31. The fourth-order valence-electron chi connectivity index (χ4n) is 1.25. The normalized spacial score (nSPS) is 15.6. The monoisotopic (exact) mass is 189 g/mol. The van der Waals surface area contributed by atoms with Crippen LogP contribution in [0.3, 0.4) is 0 Å². The van der Waals surface area contributed by atoms with E-state index in [1.165, 1.54) is 0 Å². The van der Waals surface area contributed by atoms with Crippen molar-refractivity contribution in [1.82, 2.24) is 4.98 Å². The van der Waals surface area contributed by atoms with Gasteiger partial charge in [0, 0.05) is 11.8 Å². The lowest BCUT2D eigenvalue weighted by Gasteiger charge is -1.99. The Hall–Kier alpha value is -1.34. The smallest absolute Gasteiger partial charge is 0.0717 e. The standard InChI is InChI=1S/C11H8ClN/c1-8-6-9(10(12)7-8)11-4-2-3-5-13-11/h2-7H,1H2. The van der Waals surface area contributed by atoms with Crippen molar-refractivity contribution in [3.63, 3.8) is 0 Å². The number of rotatable bonds is 1. The zero-order valence-electron chi connectivity index (χ0n) is 7.00. The molecule has 0 radical (unpaired) electrons. The molecule has 1 aromatic rings. The van der Waals surface area contributed by atoms with E-state index in [1.54, 1.807) is 6.20 Å². The zero-order chi connectivity index (χ0) is 9.26. The van der Waals surface area contributed by atoms with Crippen molar-refractivity contribution in [3.8, 4) is 0 Å². The van der Waals surface area contributed by atoms with E-state index < -0.39 is 0 Å². The summed E-state index contributed by atoms with van der Waals surface area (Å²) in [6.45, 7) is 3.82. The quantitative estimate of drug-likeness (QED) is 0.662. The van der Waals surface area contributed by atoms with E-state index in [1.807, 2.05) is 30.4 Å². The van der Waals surface area contributed by atoms with Crippen LogP contribution in [0.5, 0.6) is 0 Å². The minimum absolute atomic E-state index is 0.712. The Morgan fingerprint density at radius 3 is 2.62 bits per heavy atom. The molecule has 0 aliphatic heterocycles. The first-order valence-electron chi connectivity index (χ1n) is 3.97. The van der Waals surface area contributed by atoms with E-state index in [2.05, 4.69) is 11.6 Å². The van der Waals surface area contributed by atoms with Crippen LogP contribution in [0.2, 0.25) is 0 Å². The van der Waals surface area contributed by atoms with Gasteiger partial charge < -0.3 is 0 Å². The average molecular weight is 190 g/mol. The lowest BCUT2D eigenvalue weighted by Crippen LogP contribution is -1.85. The van der Waals surface area contributed by atoms with Crippen LogP contribution in [0.1, 0.15) is 5.69 Å². The van der Waals surface area contributed by atoms with Gasteiger partial charge in [-0.15, -0.1) is 0 Å². The first-order chi connectivity index (χ1) is 6.27. The van der Waals surface area contributed by atoms with Crippen molar-refractivity contribution in [2.24, 2.45) is 0 Å². The Bertz CT molecular complexity index is 401. The summed E-state index contributed by atoms with van der Waals surface area (Å²) in [6.07, 6.45) is 5.53. The fourth-order valence-corrected chi connectivity index (χ4v) is 1.55. The van der Waals surface area contributed by atoms with E-state index in [4.69, 9.17) is 11.6 Å². The predicted molar refractivity (Wildman–Crippen MR) is 55.3 cm³/mol. The van der Waals surface area contributed by atoms with Crippen molar-refractivity contribution in [2.45, 2.75) is 0 Å². The second kappa shape index (κ2) is 3.19. The van der Waals surface area contributed by atoms with Crippen molar-refractivity contribution in [2.75, 3.05) is 0 Å². The Morgan fingerprint density at radius 2 is 2.08 bits per heavy atom. The third-order valence-electron chi connectivity index (χ3n) is 1.84. The van der Waals surface area contributed by atoms with Crippen LogP contribution in [0.4, 0.5) is 0 Å². The Kier molecular flexibility index (Phi) is 2.03. The molecule has 1 aliphatic rings. The van der Waals surface area contributed by atoms with Crippen LogP contribution in [0.15, 0.2) is 53.7 Å². The third-order valence-corrected chi connectivity index (χ3v) is 2.15. The summed E-state index contributed by atoms with van der Waals surface area (Å²) in [4.78, 5) is 4.21. The van der Waals surface area contributed by atoms with Gasteiger partial charge in [-0.2, -0.15) is 0 Å². The number of aromatic nitrogens is 1. The maximum absolute atomic E-state index is 6.00. The summed E-state index contributed by atoms with van der Waals surface area (Å²) in [5.41, 5.74) is 2.76. The first kappa shape index (κ1) is 8.27. The van der Waals surface area contributed by atoms with Gasteiger partial charge in [0.1, 0.15) is 0 Å². The van der Waals surface area contributed by atoms with Gasteiger partial charge in [0.25, 0.3) is 0 Å². The molecule has 0 saturated carbocycles. The lowest BCUT2D eigenvalue weighted by atomic mass is 10.2. The first-order valence-corrected chi connectivity index (χ1v) is 4.35. The second-order valence-electron chi connectivity index (χ2n) is 2.84. The van der Waals surface area contributed by atoms with Gasteiger partial charge in [-0.25, -0.2) is 0 Å². The second-order valence-corrected chi connectivity index (χ2v) is 3.25. The molecule has 0 aromatic carbocycles. The summed E-state index contributed by atoms with van der Waals surface area (Å²) < 4.78 is 0. The molecule has 0 fully saturated rings. The fraction of sp³-hybridized carbons (Fsp3) is 0. The van der Waals surface area contributed by atoms with Gasteiger partial charge in [-0.1, -0.05) is 24.2 Å². The largest absolute Gasteiger partial charge is 0.256 e. The third kappa shape index (κ3) is 1.56. The van der Waals surface area contributed by atoms with Gasteiger partial charge >= 0.3 is 0 Å². The van der Waals surface area contributed by atoms with Gasteiger partial charge in [-0.05, 0) is 29.9 Å². The number of halogens is 1.